The molecule has 0 fully saturated rings. The summed E-state index contributed by atoms with van der Waals surface area (Å²) in [6, 6.07) is 32.9. The Balaban J connectivity index is 1.78. The number of benzene rings is 4. The third-order valence-corrected chi connectivity index (χ3v) is 9.14. The second-order valence-corrected chi connectivity index (χ2v) is 13.4. The summed E-state index contributed by atoms with van der Waals surface area (Å²) in [4.78, 5) is 29.7. The first-order chi connectivity index (χ1) is 20.6. The van der Waals surface area contributed by atoms with Gasteiger partial charge in [0.25, 0.3) is 10.0 Å². The maximum Gasteiger partial charge on any atom is 0.264 e. The fourth-order valence-corrected chi connectivity index (χ4v) is 6.45. The Morgan fingerprint density at radius 2 is 1.37 bits per heavy atom. The van der Waals surface area contributed by atoms with E-state index in [1.54, 1.807) is 42.5 Å². The molecule has 0 aliphatic carbocycles. The first kappa shape index (κ1) is 32.0. The van der Waals surface area contributed by atoms with Crippen molar-refractivity contribution in [2.24, 2.45) is 5.92 Å². The average molecular weight is 663 g/mol. The van der Waals surface area contributed by atoms with Crippen LogP contribution in [0.2, 0.25) is 0 Å². The van der Waals surface area contributed by atoms with Crippen LogP contribution in [0.3, 0.4) is 0 Å². The molecule has 9 heteroatoms. The molecule has 0 bridgehead atoms. The minimum atomic E-state index is -4.13. The number of carbonyl (C=O) groups excluding carboxylic acids is 2. The van der Waals surface area contributed by atoms with Crippen molar-refractivity contribution < 1.29 is 18.0 Å². The molecule has 0 radical (unpaired) electrons. The van der Waals surface area contributed by atoms with E-state index in [4.69, 9.17) is 0 Å². The maximum atomic E-state index is 14.4. The van der Waals surface area contributed by atoms with Crippen LogP contribution in [0.25, 0.3) is 0 Å². The highest BCUT2D eigenvalue weighted by molar-refractivity contribution is 9.10. The van der Waals surface area contributed by atoms with Crippen LogP contribution in [-0.4, -0.2) is 44.3 Å². The van der Waals surface area contributed by atoms with E-state index < -0.39 is 28.5 Å². The standard InChI is InChI=1S/C34H36BrN3O4S/c1-26(2)23-36-34(40)32(21-27-13-6-3-7-14-27)37(24-28-15-8-4-9-16-28)33(39)25-38(30-18-12-17-29(35)22-30)43(41,42)31-19-10-5-11-20-31/h3-20,22,26,32H,21,23-25H2,1-2H3,(H,36,40)/t32-/m0/s1. The van der Waals surface area contributed by atoms with Gasteiger partial charge in [0, 0.05) is 24.0 Å². The van der Waals surface area contributed by atoms with Gasteiger partial charge >= 0.3 is 0 Å². The molecular formula is C34H36BrN3O4S. The van der Waals surface area contributed by atoms with Gasteiger partial charge in [0.2, 0.25) is 11.8 Å². The number of halogens is 1. The number of amides is 2. The van der Waals surface area contributed by atoms with Crippen molar-refractivity contribution in [3.05, 3.63) is 131 Å². The van der Waals surface area contributed by atoms with Crippen LogP contribution in [0.5, 0.6) is 0 Å². The summed E-state index contributed by atoms with van der Waals surface area (Å²) in [5.74, 6) is -0.576. The van der Waals surface area contributed by atoms with Gasteiger partial charge in [0.05, 0.1) is 10.6 Å². The van der Waals surface area contributed by atoms with Crippen LogP contribution in [0.15, 0.2) is 125 Å². The molecule has 4 aromatic rings. The Bertz CT molecular complexity index is 1600. The van der Waals surface area contributed by atoms with E-state index in [2.05, 4.69) is 21.2 Å². The van der Waals surface area contributed by atoms with Crippen molar-refractivity contribution in [1.82, 2.24) is 10.2 Å². The minimum absolute atomic E-state index is 0.0629. The van der Waals surface area contributed by atoms with Crippen molar-refractivity contribution >= 4 is 43.5 Å². The minimum Gasteiger partial charge on any atom is -0.354 e. The molecule has 43 heavy (non-hydrogen) atoms. The number of hydrogen-bond donors (Lipinski definition) is 1. The van der Waals surface area contributed by atoms with Crippen LogP contribution < -0.4 is 9.62 Å². The fraction of sp³-hybridized carbons (Fsp3) is 0.235. The molecule has 0 heterocycles. The van der Waals surface area contributed by atoms with Crippen LogP contribution in [0, 0.1) is 5.92 Å². The molecule has 4 rings (SSSR count). The molecule has 0 aliphatic rings. The smallest absolute Gasteiger partial charge is 0.264 e. The van der Waals surface area contributed by atoms with Gasteiger partial charge in [-0.25, -0.2) is 8.42 Å². The topological polar surface area (TPSA) is 86.8 Å². The number of hydrogen-bond acceptors (Lipinski definition) is 4. The molecule has 0 unspecified atom stereocenters. The van der Waals surface area contributed by atoms with E-state index in [1.807, 2.05) is 74.5 Å². The highest BCUT2D eigenvalue weighted by Gasteiger charge is 2.34. The SMILES string of the molecule is CC(C)CNC(=O)[C@H](Cc1ccccc1)N(Cc1ccccc1)C(=O)CN(c1cccc(Br)c1)S(=O)(=O)c1ccccc1. The van der Waals surface area contributed by atoms with Crippen LogP contribution in [0.1, 0.15) is 25.0 Å². The van der Waals surface area contributed by atoms with Gasteiger partial charge in [-0.05, 0) is 47.4 Å². The molecule has 0 spiro atoms. The van der Waals surface area contributed by atoms with Crippen LogP contribution >= 0.6 is 15.9 Å². The Morgan fingerprint density at radius 1 is 0.791 bits per heavy atom. The van der Waals surface area contributed by atoms with Crippen molar-refractivity contribution in [2.45, 2.75) is 37.8 Å². The lowest BCUT2D eigenvalue weighted by atomic mass is 10.0. The van der Waals surface area contributed by atoms with Crippen LogP contribution in [-0.2, 0) is 32.6 Å². The van der Waals surface area contributed by atoms with Crippen molar-refractivity contribution in [1.29, 1.82) is 0 Å². The largest absolute Gasteiger partial charge is 0.354 e. The van der Waals surface area contributed by atoms with Gasteiger partial charge in [0.15, 0.2) is 0 Å². The average Bonchev–Trinajstić information content (AvgIpc) is 3.01. The van der Waals surface area contributed by atoms with Gasteiger partial charge in [-0.1, -0.05) is 115 Å². The maximum absolute atomic E-state index is 14.4. The molecule has 0 saturated heterocycles. The Kier molecular flexibility index (Phi) is 11.1. The molecular weight excluding hydrogens is 626 g/mol. The molecule has 1 atom stereocenters. The van der Waals surface area contributed by atoms with E-state index in [0.717, 1.165) is 15.4 Å². The zero-order valence-electron chi connectivity index (χ0n) is 24.3. The molecule has 7 nitrogen and oxygen atoms in total. The molecule has 224 valence electrons. The summed E-state index contributed by atoms with van der Waals surface area (Å²) >= 11 is 3.43. The van der Waals surface area contributed by atoms with Crippen molar-refractivity contribution in [3.63, 3.8) is 0 Å². The Labute approximate surface area is 262 Å². The third kappa shape index (κ3) is 8.78. The molecule has 1 N–H and O–H groups in total. The molecule has 0 saturated carbocycles. The highest BCUT2D eigenvalue weighted by Crippen LogP contribution is 2.27. The lowest BCUT2D eigenvalue weighted by molar-refractivity contribution is -0.140. The van der Waals surface area contributed by atoms with E-state index in [9.17, 15) is 18.0 Å². The number of carbonyl (C=O) groups is 2. The molecule has 0 aromatic heterocycles. The van der Waals surface area contributed by atoms with Crippen LogP contribution in [0.4, 0.5) is 5.69 Å². The Hall–Kier alpha value is -3.95. The zero-order valence-corrected chi connectivity index (χ0v) is 26.7. The van der Waals surface area contributed by atoms with E-state index >= 15 is 0 Å². The predicted molar refractivity (Wildman–Crippen MR) is 174 cm³/mol. The summed E-state index contributed by atoms with van der Waals surface area (Å²) in [6.45, 7) is 4.09. The second kappa shape index (κ2) is 15.0. The summed E-state index contributed by atoms with van der Waals surface area (Å²) in [6.07, 6.45) is 0.270. The molecule has 2 amide bonds. The van der Waals surface area contributed by atoms with Gasteiger partial charge in [-0.3, -0.25) is 13.9 Å². The summed E-state index contributed by atoms with van der Waals surface area (Å²) in [5, 5.41) is 3.00. The predicted octanol–water partition coefficient (Wildman–Crippen LogP) is 6.06. The van der Waals surface area contributed by atoms with Crippen molar-refractivity contribution in [2.75, 3.05) is 17.4 Å². The fourth-order valence-electron chi connectivity index (χ4n) is 4.64. The second-order valence-electron chi connectivity index (χ2n) is 10.7. The first-order valence-corrected chi connectivity index (χ1v) is 16.4. The number of nitrogens with one attached hydrogen (secondary N) is 1. The summed E-state index contributed by atoms with van der Waals surface area (Å²) < 4.78 is 29.8. The number of nitrogens with zero attached hydrogens (tertiary/aromatic N) is 2. The zero-order chi connectivity index (χ0) is 30.8. The lowest BCUT2D eigenvalue weighted by Gasteiger charge is -2.34. The number of sulfonamides is 1. The number of anilines is 1. The van der Waals surface area contributed by atoms with Gasteiger partial charge in [0.1, 0.15) is 12.6 Å². The van der Waals surface area contributed by atoms with Gasteiger partial charge in [-0.15, -0.1) is 0 Å². The summed E-state index contributed by atoms with van der Waals surface area (Å²) in [5.41, 5.74) is 2.04. The third-order valence-electron chi connectivity index (χ3n) is 6.86. The molecule has 0 aliphatic heterocycles. The van der Waals surface area contributed by atoms with E-state index in [1.165, 1.54) is 17.0 Å². The molecule has 4 aromatic carbocycles. The Morgan fingerprint density at radius 3 is 1.95 bits per heavy atom. The highest BCUT2D eigenvalue weighted by atomic mass is 79.9. The van der Waals surface area contributed by atoms with Gasteiger partial charge in [-0.2, -0.15) is 0 Å². The summed E-state index contributed by atoms with van der Waals surface area (Å²) in [7, 11) is -4.13. The normalized spacial score (nSPS) is 12.0. The van der Waals surface area contributed by atoms with E-state index in [-0.39, 0.29) is 29.7 Å². The number of rotatable bonds is 13. The monoisotopic (exact) mass is 661 g/mol. The first-order valence-electron chi connectivity index (χ1n) is 14.1. The quantitative estimate of drug-likeness (QED) is 0.189. The van der Waals surface area contributed by atoms with Gasteiger partial charge < -0.3 is 10.2 Å². The lowest BCUT2D eigenvalue weighted by Crippen LogP contribution is -2.53. The van der Waals surface area contributed by atoms with E-state index in [0.29, 0.717) is 16.7 Å². The van der Waals surface area contributed by atoms with Crippen molar-refractivity contribution in [3.8, 4) is 0 Å².